The minimum Gasteiger partial charge on any atom is -0.221 e. The Bertz CT molecular complexity index is 585. The van der Waals surface area contributed by atoms with Crippen LogP contribution in [0.3, 0.4) is 0 Å². The van der Waals surface area contributed by atoms with Gasteiger partial charge in [0, 0.05) is 16.5 Å². The zero-order valence-electron chi connectivity index (χ0n) is 11.2. The monoisotopic (exact) mass is 313 g/mol. The van der Waals surface area contributed by atoms with Gasteiger partial charge < -0.3 is 0 Å². The summed E-state index contributed by atoms with van der Waals surface area (Å²) >= 11 is 1.64. The summed E-state index contributed by atoms with van der Waals surface area (Å²) in [5, 5.41) is 5.19. The van der Waals surface area contributed by atoms with Gasteiger partial charge in [0.15, 0.2) is 0 Å². The van der Waals surface area contributed by atoms with E-state index in [1.165, 1.54) is 19.3 Å². The van der Waals surface area contributed by atoms with Crippen LogP contribution in [0.15, 0.2) is 29.2 Å². The molecule has 1 fully saturated rings. The van der Waals surface area contributed by atoms with Crippen LogP contribution in [0.4, 0.5) is 0 Å². The van der Waals surface area contributed by atoms with Crippen molar-refractivity contribution in [3.63, 3.8) is 0 Å². The highest BCUT2D eigenvalue weighted by molar-refractivity contribution is 7.97. The van der Waals surface area contributed by atoms with Gasteiger partial charge >= 0.3 is 0 Å². The van der Waals surface area contributed by atoms with Gasteiger partial charge in [-0.15, -0.1) is 0 Å². The summed E-state index contributed by atoms with van der Waals surface area (Å²) in [5.74, 6) is 0. The van der Waals surface area contributed by atoms with E-state index in [2.05, 4.69) is 9.03 Å². The average Bonchev–Trinajstić information content (AvgIpc) is 2.77. The van der Waals surface area contributed by atoms with E-state index in [1.54, 1.807) is 11.9 Å². The molecule has 1 atom stereocenters. The molecule has 0 bridgehead atoms. The SMILES string of the molecule is NS(=O)(=O)NC1c2ccccc2SN1C1CCCCC1. The van der Waals surface area contributed by atoms with E-state index in [9.17, 15) is 8.42 Å². The molecule has 5 nitrogen and oxygen atoms in total. The van der Waals surface area contributed by atoms with Crippen LogP contribution < -0.4 is 9.86 Å². The third-order valence-corrected chi connectivity index (χ3v) is 5.72. The highest BCUT2D eigenvalue weighted by Crippen LogP contribution is 2.46. The highest BCUT2D eigenvalue weighted by Gasteiger charge is 2.37. The van der Waals surface area contributed by atoms with Crippen LogP contribution in [0.1, 0.15) is 43.8 Å². The van der Waals surface area contributed by atoms with E-state index >= 15 is 0 Å². The molecule has 20 heavy (non-hydrogen) atoms. The fourth-order valence-corrected chi connectivity index (χ4v) is 4.89. The van der Waals surface area contributed by atoms with Crippen LogP contribution in [0.2, 0.25) is 0 Å². The molecular formula is C13H19N3O2S2. The number of hydrogen-bond acceptors (Lipinski definition) is 4. The van der Waals surface area contributed by atoms with Gasteiger partial charge in [-0.05, 0) is 30.9 Å². The number of nitrogens with two attached hydrogens (primary N) is 1. The molecule has 110 valence electrons. The second kappa shape index (κ2) is 5.65. The number of fused-ring (bicyclic) bond motifs is 1. The van der Waals surface area contributed by atoms with Crippen molar-refractivity contribution in [1.29, 1.82) is 0 Å². The van der Waals surface area contributed by atoms with Crippen molar-refractivity contribution in [3.8, 4) is 0 Å². The molecule has 1 unspecified atom stereocenters. The summed E-state index contributed by atoms with van der Waals surface area (Å²) < 4.78 is 27.7. The largest absolute Gasteiger partial charge is 0.276 e. The maximum atomic E-state index is 11.5. The number of benzene rings is 1. The molecule has 1 aromatic carbocycles. The van der Waals surface area contributed by atoms with Crippen molar-refractivity contribution < 1.29 is 8.42 Å². The maximum absolute atomic E-state index is 11.5. The molecule has 2 aliphatic rings. The molecule has 1 aromatic rings. The minimum atomic E-state index is -3.73. The van der Waals surface area contributed by atoms with E-state index in [0.717, 1.165) is 23.3 Å². The lowest BCUT2D eigenvalue weighted by atomic mass is 9.95. The molecule has 3 rings (SSSR count). The molecule has 0 saturated heterocycles. The van der Waals surface area contributed by atoms with Gasteiger partial charge in [-0.2, -0.15) is 13.1 Å². The Labute approximate surface area is 124 Å². The van der Waals surface area contributed by atoms with Gasteiger partial charge in [0.2, 0.25) is 0 Å². The van der Waals surface area contributed by atoms with Crippen LogP contribution >= 0.6 is 11.9 Å². The first-order chi connectivity index (χ1) is 9.54. The summed E-state index contributed by atoms with van der Waals surface area (Å²) in [6.07, 6.45) is 5.57. The van der Waals surface area contributed by atoms with E-state index < -0.39 is 10.2 Å². The predicted molar refractivity (Wildman–Crippen MR) is 80.0 cm³/mol. The maximum Gasteiger partial charge on any atom is 0.276 e. The van der Waals surface area contributed by atoms with Gasteiger partial charge in [-0.3, -0.25) is 0 Å². The van der Waals surface area contributed by atoms with Crippen LogP contribution in [-0.2, 0) is 10.2 Å². The second-order valence-corrected chi connectivity index (χ2v) is 7.72. The smallest absolute Gasteiger partial charge is 0.221 e. The first-order valence-corrected chi connectivity index (χ1v) is 9.22. The molecule has 1 aliphatic heterocycles. The Kier molecular flexibility index (Phi) is 4.05. The summed E-state index contributed by atoms with van der Waals surface area (Å²) in [7, 11) is -3.73. The van der Waals surface area contributed by atoms with Crippen molar-refractivity contribution in [1.82, 2.24) is 9.03 Å². The molecule has 0 amide bonds. The van der Waals surface area contributed by atoms with Gasteiger partial charge in [0.25, 0.3) is 10.2 Å². The number of rotatable bonds is 3. The van der Waals surface area contributed by atoms with Crippen LogP contribution in [0.5, 0.6) is 0 Å². The molecule has 3 N–H and O–H groups in total. The van der Waals surface area contributed by atoms with E-state index in [4.69, 9.17) is 5.14 Å². The van der Waals surface area contributed by atoms with Crippen molar-refractivity contribution in [2.24, 2.45) is 5.14 Å². The van der Waals surface area contributed by atoms with E-state index in [-0.39, 0.29) is 6.17 Å². The number of hydrogen-bond donors (Lipinski definition) is 2. The second-order valence-electron chi connectivity index (χ2n) is 5.35. The quantitative estimate of drug-likeness (QED) is 0.838. The Hall–Kier alpha value is -0.600. The van der Waals surface area contributed by atoms with Crippen molar-refractivity contribution in [3.05, 3.63) is 29.8 Å². The Morgan fingerprint density at radius 2 is 1.90 bits per heavy atom. The highest BCUT2D eigenvalue weighted by atomic mass is 32.2. The molecule has 1 saturated carbocycles. The summed E-state index contributed by atoms with van der Waals surface area (Å²) in [6, 6.07) is 8.31. The fraction of sp³-hybridized carbons (Fsp3) is 0.538. The Morgan fingerprint density at radius 3 is 2.60 bits per heavy atom. The number of nitrogens with zero attached hydrogens (tertiary/aromatic N) is 1. The third-order valence-electron chi connectivity index (χ3n) is 3.88. The molecule has 1 aliphatic carbocycles. The summed E-state index contributed by atoms with van der Waals surface area (Å²) in [6.45, 7) is 0. The molecule has 0 aromatic heterocycles. The molecular weight excluding hydrogens is 294 g/mol. The van der Waals surface area contributed by atoms with Crippen LogP contribution in [0, 0.1) is 0 Å². The van der Waals surface area contributed by atoms with Crippen LogP contribution in [0.25, 0.3) is 0 Å². The van der Waals surface area contributed by atoms with Gasteiger partial charge in [-0.1, -0.05) is 37.5 Å². The normalized spacial score (nSPS) is 24.8. The Balaban J connectivity index is 1.89. The molecule has 0 radical (unpaired) electrons. The van der Waals surface area contributed by atoms with Crippen molar-refractivity contribution >= 4 is 22.2 Å². The topological polar surface area (TPSA) is 75.4 Å². The van der Waals surface area contributed by atoms with Gasteiger partial charge in [-0.25, -0.2) is 9.44 Å². The predicted octanol–water partition coefficient (Wildman–Crippen LogP) is 2.13. The third kappa shape index (κ3) is 3.01. The zero-order valence-corrected chi connectivity index (χ0v) is 12.8. The minimum absolute atomic E-state index is 0.353. The van der Waals surface area contributed by atoms with Gasteiger partial charge in [0.1, 0.15) is 6.17 Å². The first-order valence-electron chi connectivity index (χ1n) is 6.90. The van der Waals surface area contributed by atoms with E-state index in [1.807, 2.05) is 24.3 Å². The summed E-state index contributed by atoms with van der Waals surface area (Å²) in [5.41, 5.74) is 0.997. The lowest BCUT2D eigenvalue weighted by Crippen LogP contribution is -2.43. The van der Waals surface area contributed by atoms with Crippen LogP contribution in [-0.4, -0.2) is 18.8 Å². The van der Waals surface area contributed by atoms with Gasteiger partial charge in [0.05, 0.1) is 0 Å². The molecule has 7 heteroatoms. The van der Waals surface area contributed by atoms with Crippen molar-refractivity contribution in [2.45, 2.75) is 49.2 Å². The zero-order chi connectivity index (χ0) is 14.2. The van der Waals surface area contributed by atoms with Crippen molar-refractivity contribution in [2.75, 3.05) is 0 Å². The fourth-order valence-electron chi connectivity index (χ4n) is 2.98. The standard InChI is InChI=1S/C13H19N3O2S2/c14-20(17,18)15-13-11-8-4-5-9-12(11)19-16(13)10-6-2-1-3-7-10/h4-5,8-10,13,15H,1-3,6-7H2,(H2,14,17,18). The Morgan fingerprint density at radius 1 is 1.20 bits per heavy atom. The lowest BCUT2D eigenvalue weighted by Gasteiger charge is -2.34. The first kappa shape index (κ1) is 14.3. The summed E-state index contributed by atoms with van der Waals surface area (Å²) in [4.78, 5) is 1.11. The number of nitrogens with one attached hydrogen (secondary N) is 1. The van der Waals surface area contributed by atoms with E-state index in [0.29, 0.717) is 6.04 Å². The molecule has 0 spiro atoms. The lowest BCUT2D eigenvalue weighted by molar-refractivity contribution is 0.219. The average molecular weight is 313 g/mol. The molecule has 1 heterocycles.